The normalized spacial score (nSPS) is 11.8. The lowest BCUT2D eigenvalue weighted by atomic mass is 9.96. The number of para-hydroxylation sites is 2. The number of fused-ring (bicyclic) bond motifs is 8. The maximum absolute atomic E-state index is 6.10. The second-order valence-corrected chi connectivity index (χ2v) is 12.3. The van der Waals surface area contributed by atoms with Gasteiger partial charge in [-0.2, -0.15) is 0 Å². The Hall–Kier alpha value is -6.52. The molecule has 4 nitrogen and oxygen atoms in total. The van der Waals surface area contributed by atoms with E-state index in [1.807, 2.05) is 12.3 Å². The van der Waals surface area contributed by atoms with Crippen molar-refractivity contribution in [2.75, 3.05) is 0 Å². The van der Waals surface area contributed by atoms with Crippen LogP contribution in [0.25, 0.3) is 94.0 Å². The van der Waals surface area contributed by atoms with Crippen LogP contribution in [0.5, 0.6) is 0 Å². The third-order valence-corrected chi connectivity index (χ3v) is 9.45. The smallest absolute Gasteiger partial charge is 0.246 e. The number of nitrogens with zero attached hydrogens (tertiary/aromatic N) is 3. The van der Waals surface area contributed by atoms with Crippen LogP contribution in [-0.2, 0) is 0 Å². The van der Waals surface area contributed by atoms with Crippen LogP contribution >= 0.6 is 0 Å². The molecule has 4 heteroatoms. The number of aromatic nitrogens is 3. The molecular formula is C44H27N3O. The summed E-state index contributed by atoms with van der Waals surface area (Å²) >= 11 is 0. The van der Waals surface area contributed by atoms with Crippen molar-refractivity contribution in [3.05, 3.63) is 164 Å². The van der Waals surface area contributed by atoms with E-state index in [-0.39, 0.29) is 0 Å². The van der Waals surface area contributed by atoms with Crippen molar-refractivity contribution in [1.82, 2.24) is 14.5 Å². The van der Waals surface area contributed by atoms with E-state index in [0.717, 1.165) is 55.3 Å². The summed E-state index contributed by atoms with van der Waals surface area (Å²) in [4.78, 5) is 9.80. The zero-order valence-corrected chi connectivity index (χ0v) is 25.8. The molecule has 0 spiro atoms. The SMILES string of the molecule is c1ccc(-n2c3ccccc3c3cc(-c4cccc(-c5cccc(-c6cnc7oc8ccc9ccccc9c8c7n6)c5)c4)ccc32)cc1. The molecule has 0 saturated carbocycles. The standard InChI is InChI=1S/C44H27N3O/c1-2-15-34(16-3-1)47-39-19-7-6-18-36(39)37-26-32(20-22-40(37)47)30-12-8-11-29(24-30)31-13-9-14-33(25-31)38-27-45-44-43(46-38)42-35-17-5-4-10-28(35)21-23-41(42)48-44/h1-27H. The fourth-order valence-corrected chi connectivity index (χ4v) is 7.18. The molecule has 0 aliphatic heterocycles. The van der Waals surface area contributed by atoms with Crippen LogP contribution in [0, 0.1) is 0 Å². The molecule has 0 N–H and O–H groups in total. The molecule has 3 aromatic heterocycles. The van der Waals surface area contributed by atoms with Crippen LogP contribution in [0.4, 0.5) is 0 Å². The molecule has 0 radical (unpaired) electrons. The average molecular weight is 614 g/mol. The van der Waals surface area contributed by atoms with E-state index in [1.165, 1.54) is 32.9 Å². The first kappa shape index (κ1) is 26.7. The summed E-state index contributed by atoms with van der Waals surface area (Å²) in [5.41, 5.74) is 12.2. The third-order valence-electron chi connectivity index (χ3n) is 9.45. The Morgan fingerprint density at radius 2 is 1.15 bits per heavy atom. The van der Waals surface area contributed by atoms with Gasteiger partial charge in [0.15, 0.2) is 0 Å². The van der Waals surface area contributed by atoms with Crippen molar-refractivity contribution in [3.63, 3.8) is 0 Å². The lowest BCUT2D eigenvalue weighted by molar-refractivity contribution is 0.653. The van der Waals surface area contributed by atoms with Gasteiger partial charge in [0.05, 0.1) is 28.3 Å². The first-order chi connectivity index (χ1) is 23.8. The molecular weight excluding hydrogens is 587 g/mol. The molecule has 3 heterocycles. The minimum absolute atomic E-state index is 0.554. The fourth-order valence-electron chi connectivity index (χ4n) is 7.18. The van der Waals surface area contributed by atoms with E-state index in [0.29, 0.717) is 5.71 Å². The van der Waals surface area contributed by atoms with Gasteiger partial charge in [-0.25, -0.2) is 9.97 Å². The van der Waals surface area contributed by atoms with E-state index in [1.54, 1.807) is 0 Å². The molecule has 0 saturated heterocycles. The molecule has 7 aromatic carbocycles. The lowest BCUT2D eigenvalue weighted by Crippen LogP contribution is -1.92. The molecule has 0 unspecified atom stereocenters. The summed E-state index contributed by atoms with van der Waals surface area (Å²) in [6.45, 7) is 0. The highest BCUT2D eigenvalue weighted by Crippen LogP contribution is 2.37. The number of hydrogen-bond donors (Lipinski definition) is 0. The minimum Gasteiger partial charge on any atom is -0.436 e. The van der Waals surface area contributed by atoms with Crippen molar-refractivity contribution in [1.29, 1.82) is 0 Å². The summed E-state index contributed by atoms with van der Waals surface area (Å²) in [6.07, 6.45) is 1.81. The highest BCUT2D eigenvalue weighted by Gasteiger charge is 2.16. The molecule has 10 rings (SSSR count). The minimum atomic E-state index is 0.554. The zero-order valence-electron chi connectivity index (χ0n) is 25.8. The molecule has 0 atom stereocenters. The summed E-state index contributed by atoms with van der Waals surface area (Å²) in [5.74, 6) is 0. The largest absolute Gasteiger partial charge is 0.436 e. The molecule has 48 heavy (non-hydrogen) atoms. The van der Waals surface area contributed by atoms with Crippen molar-refractivity contribution in [2.24, 2.45) is 0 Å². The topological polar surface area (TPSA) is 43.9 Å². The molecule has 0 fully saturated rings. The quantitative estimate of drug-likeness (QED) is 0.198. The monoisotopic (exact) mass is 613 g/mol. The summed E-state index contributed by atoms with van der Waals surface area (Å²) in [6, 6.07) is 55.8. The Morgan fingerprint density at radius 3 is 1.98 bits per heavy atom. The van der Waals surface area contributed by atoms with Crippen molar-refractivity contribution in [2.45, 2.75) is 0 Å². The zero-order chi connectivity index (χ0) is 31.6. The Morgan fingerprint density at radius 1 is 0.479 bits per heavy atom. The molecule has 10 aromatic rings. The van der Waals surface area contributed by atoms with Gasteiger partial charge >= 0.3 is 0 Å². The first-order valence-corrected chi connectivity index (χ1v) is 16.2. The second kappa shape index (κ2) is 10.5. The van der Waals surface area contributed by atoms with E-state index < -0.39 is 0 Å². The lowest BCUT2D eigenvalue weighted by Gasteiger charge is -2.10. The van der Waals surface area contributed by atoms with Gasteiger partial charge in [-0.1, -0.05) is 109 Å². The molecule has 0 aliphatic rings. The second-order valence-electron chi connectivity index (χ2n) is 12.3. The maximum Gasteiger partial charge on any atom is 0.246 e. The Labute approximate surface area is 276 Å². The number of hydrogen-bond acceptors (Lipinski definition) is 3. The Balaban J connectivity index is 1.06. The van der Waals surface area contributed by atoms with E-state index in [9.17, 15) is 0 Å². The van der Waals surface area contributed by atoms with Crippen molar-refractivity contribution < 1.29 is 4.42 Å². The number of rotatable bonds is 4. The van der Waals surface area contributed by atoms with Crippen LogP contribution in [0.3, 0.4) is 0 Å². The Kier molecular flexibility index (Phi) is 5.84. The van der Waals surface area contributed by atoms with Gasteiger partial charge in [0.2, 0.25) is 5.71 Å². The van der Waals surface area contributed by atoms with E-state index in [4.69, 9.17) is 14.4 Å². The number of furan rings is 1. The first-order valence-electron chi connectivity index (χ1n) is 16.2. The van der Waals surface area contributed by atoms with Crippen molar-refractivity contribution >= 4 is 54.8 Å². The fraction of sp³-hybridized carbons (Fsp3) is 0. The van der Waals surface area contributed by atoms with Gasteiger partial charge in [0.1, 0.15) is 11.1 Å². The van der Waals surface area contributed by atoms with Crippen LogP contribution < -0.4 is 0 Å². The molecule has 0 aliphatic carbocycles. The molecule has 224 valence electrons. The molecule has 0 amide bonds. The van der Waals surface area contributed by atoms with Gasteiger partial charge in [0.25, 0.3) is 0 Å². The highest BCUT2D eigenvalue weighted by molar-refractivity contribution is 6.17. The highest BCUT2D eigenvalue weighted by atomic mass is 16.3. The predicted octanol–water partition coefficient (Wildman–Crippen LogP) is 11.6. The van der Waals surface area contributed by atoms with Gasteiger partial charge in [-0.3, -0.25) is 0 Å². The predicted molar refractivity (Wildman–Crippen MR) is 197 cm³/mol. The summed E-state index contributed by atoms with van der Waals surface area (Å²) in [5, 5.41) is 5.77. The summed E-state index contributed by atoms with van der Waals surface area (Å²) in [7, 11) is 0. The van der Waals surface area contributed by atoms with Gasteiger partial charge in [-0.15, -0.1) is 0 Å². The van der Waals surface area contributed by atoms with Gasteiger partial charge in [0, 0.05) is 22.0 Å². The Bertz CT molecular complexity index is 2840. The number of benzene rings is 7. The van der Waals surface area contributed by atoms with E-state index in [2.05, 4.69) is 156 Å². The van der Waals surface area contributed by atoms with Gasteiger partial charge in [-0.05, 0) is 81.6 Å². The van der Waals surface area contributed by atoms with Crippen LogP contribution in [0.15, 0.2) is 168 Å². The third kappa shape index (κ3) is 4.16. The summed E-state index contributed by atoms with van der Waals surface area (Å²) < 4.78 is 8.45. The van der Waals surface area contributed by atoms with Gasteiger partial charge < -0.3 is 8.98 Å². The van der Waals surface area contributed by atoms with Crippen molar-refractivity contribution in [3.8, 4) is 39.2 Å². The van der Waals surface area contributed by atoms with E-state index >= 15 is 0 Å². The maximum atomic E-state index is 6.10. The average Bonchev–Trinajstić information content (AvgIpc) is 3.71. The van der Waals surface area contributed by atoms with Crippen LogP contribution in [0.1, 0.15) is 0 Å². The van der Waals surface area contributed by atoms with Crippen LogP contribution in [-0.4, -0.2) is 14.5 Å². The molecule has 0 bridgehead atoms. The van der Waals surface area contributed by atoms with Crippen LogP contribution in [0.2, 0.25) is 0 Å².